The molecule has 120 valence electrons. The number of para-hydroxylation sites is 1. The summed E-state index contributed by atoms with van der Waals surface area (Å²) in [5, 5.41) is 5.95. The van der Waals surface area contributed by atoms with Gasteiger partial charge in [0, 0.05) is 17.9 Å². The first-order valence-electron chi connectivity index (χ1n) is 7.85. The van der Waals surface area contributed by atoms with Gasteiger partial charge in [0.1, 0.15) is 0 Å². The predicted molar refractivity (Wildman–Crippen MR) is 91.0 cm³/mol. The molecule has 1 aliphatic carbocycles. The van der Waals surface area contributed by atoms with Gasteiger partial charge < -0.3 is 10.6 Å². The Morgan fingerprint density at radius 2 is 1.95 bits per heavy atom. The third kappa shape index (κ3) is 5.05. The highest BCUT2D eigenvalue weighted by Gasteiger charge is 2.22. The summed E-state index contributed by atoms with van der Waals surface area (Å²) in [5.41, 5.74) is 0.763. The molecule has 0 heterocycles. The van der Waals surface area contributed by atoms with Gasteiger partial charge in [-0.1, -0.05) is 31.9 Å². The average Bonchev–Trinajstić information content (AvgIpc) is 2.48. The number of anilines is 1. The van der Waals surface area contributed by atoms with Gasteiger partial charge in [-0.2, -0.15) is 0 Å². The van der Waals surface area contributed by atoms with Crippen LogP contribution in [0, 0.1) is 5.92 Å². The lowest BCUT2D eigenvalue weighted by Crippen LogP contribution is -2.41. The minimum absolute atomic E-state index is 0.0707. The Morgan fingerprint density at radius 3 is 2.68 bits per heavy atom. The summed E-state index contributed by atoms with van der Waals surface area (Å²) >= 11 is 1.46. The first-order valence-corrected chi connectivity index (χ1v) is 8.83. The number of carbonyl (C=O) groups is 2. The van der Waals surface area contributed by atoms with Gasteiger partial charge in [0.15, 0.2) is 0 Å². The molecule has 2 rings (SSSR count). The molecule has 1 saturated carbocycles. The van der Waals surface area contributed by atoms with E-state index in [2.05, 4.69) is 17.6 Å². The van der Waals surface area contributed by atoms with Crippen LogP contribution in [-0.2, 0) is 9.59 Å². The Bertz CT molecular complexity index is 533. The SMILES string of the molecule is CC(=O)Nc1ccccc1SCC(=O)N[C@@H]1CCCC[C@H]1C. The van der Waals surface area contributed by atoms with Crippen molar-refractivity contribution in [1.29, 1.82) is 0 Å². The second-order valence-electron chi connectivity index (χ2n) is 5.90. The third-order valence-electron chi connectivity index (χ3n) is 4.01. The molecular formula is C17H24N2O2S. The molecule has 0 aromatic heterocycles. The standard InChI is InChI=1S/C17H24N2O2S/c1-12-7-3-4-8-14(12)19-17(21)11-22-16-10-6-5-9-15(16)18-13(2)20/h5-6,9-10,12,14H,3-4,7-8,11H2,1-2H3,(H,18,20)(H,19,21)/t12-,14-/m1/s1. The minimum atomic E-state index is -0.103. The second-order valence-corrected chi connectivity index (χ2v) is 6.92. The number of rotatable bonds is 5. The number of benzene rings is 1. The lowest BCUT2D eigenvalue weighted by atomic mass is 9.86. The number of amides is 2. The largest absolute Gasteiger partial charge is 0.352 e. The number of hydrogen-bond acceptors (Lipinski definition) is 3. The fraction of sp³-hybridized carbons (Fsp3) is 0.529. The van der Waals surface area contributed by atoms with E-state index in [1.807, 2.05) is 24.3 Å². The average molecular weight is 320 g/mol. The van der Waals surface area contributed by atoms with E-state index in [-0.39, 0.29) is 11.8 Å². The zero-order valence-electron chi connectivity index (χ0n) is 13.2. The fourth-order valence-electron chi connectivity index (χ4n) is 2.81. The van der Waals surface area contributed by atoms with Gasteiger partial charge in [0.2, 0.25) is 11.8 Å². The van der Waals surface area contributed by atoms with Crippen LogP contribution in [0.1, 0.15) is 39.5 Å². The van der Waals surface area contributed by atoms with E-state index in [0.717, 1.165) is 17.0 Å². The molecule has 4 nitrogen and oxygen atoms in total. The van der Waals surface area contributed by atoms with E-state index < -0.39 is 0 Å². The van der Waals surface area contributed by atoms with Crippen molar-refractivity contribution < 1.29 is 9.59 Å². The van der Waals surface area contributed by atoms with Gasteiger partial charge in [-0.25, -0.2) is 0 Å². The van der Waals surface area contributed by atoms with Gasteiger partial charge >= 0.3 is 0 Å². The van der Waals surface area contributed by atoms with E-state index in [0.29, 0.717) is 17.7 Å². The Kier molecular flexibility index (Phi) is 6.31. The lowest BCUT2D eigenvalue weighted by molar-refractivity contribution is -0.119. The molecule has 2 amide bonds. The predicted octanol–water partition coefficient (Wildman–Crippen LogP) is 3.43. The van der Waals surface area contributed by atoms with E-state index in [9.17, 15) is 9.59 Å². The molecule has 0 saturated heterocycles. The summed E-state index contributed by atoms with van der Waals surface area (Å²) in [6, 6.07) is 7.87. The highest BCUT2D eigenvalue weighted by atomic mass is 32.2. The van der Waals surface area contributed by atoms with Gasteiger partial charge in [-0.15, -0.1) is 11.8 Å². The molecule has 1 aromatic carbocycles. The monoisotopic (exact) mass is 320 g/mol. The van der Waals surface area contributed by atoms with Crippen molar-refractivity contribution >= 4 is 29.3 Å². The van der Waals surface area contributed by atoms with E-state index >= 15 is 0 Å². The Morgan fingerprint density at radius 1 is 1.23 bits per heavy atom. The molecule has 1 fully saturated rings. The van der Waals surface area contributed by atoms with E-state index in [1.54, 1.807) is 0 Å². The molecule has 0 unspecified atom stereocenters. The van der Waals surface area contributed by atoms with Crippen molar-refractivity contribution in [2.45, 2.75) is 50.5 Å². The molecule has 0 spiro atoms. The lowest BCUT2D eigenvalue weighted by Gasteiger charge is -2.29. The van der Waals surface area contributed by atoms with E-state index in [1.165, 1.54) is 37.9 Å². The topological polar surface area (TPSA) is 58.2 Å². The van der Waals surface area contributed by atoms with Crippen molar-refractivity contribution in [3.63, 3.8) is 0 Å². The van der Waals surface area contributed by atoms with Crippen LogP contribution in [-0.4, -0.2) is 23.6 Å². The van der Waals surface area contributed by atoms with Crippen LogP contribution in [0.4, 0.5) is 5.69 Å². The summed E-state index contributed by atoms with van der Waals surface area (Å²) in [4.78, 5) is 24.3. The van der Waals surface area contributed by atoms with Crippen molar-refractivity contribution in [2.75, 3.05) is 11.1 Å². The highest BCUT2D eigenvalue weighted by molar-refractivity contribution is 8.00. The van der Waals surface area contributed by atoms with Crippen molar-refractivity contribution in [3.05, 3.63) is 24.3 Å². The maximum Gasteiger partial charge on any atom is 0.230 e. The molecule has 22 heavy (non-hydrogen) atoms. The van der Waals surface area contributed by atoms with Crippen molar-refractivity contribution in [1.82, 2.24) is 5.32 Å². The zero-order chi connectivity index (χ0) is 15.9. The molecule has 0 aliphatic heterocycles. The summed E-state index contributed by atoms with van der Waals surface area (Å²) < 4.78 is 0. The van der Waals surface area contributed by atoms with Crippen LogP contribution in [0.2, 0.25) is 0 Å². The molecule has 0 bridgehead atoms. The first-order chi connectivity index (χ1) is 10.6. The number of carbonyl (C=O) groups excluding carboxylic acids is 2. The van der Waals surface area contributed by atoms with Gasteiger partial charge in [-0.3, -0.25) is 9.59 Å². The summed E-state index contributed by atoms with van der Waals surface area (Å²) in [6.07, 6.45) is 4.75. The van der Waals surface area contributed by atoms with Crippen LogP contribution >= 0.6 is 11.8 Å². The van der Waals surface area contributed by atoms with Crippen molar-refractivity contribution in [3.8, 4) is 0 Å². The quantitative estimate of drug-likeness (QED) is 0.817. The maximum absolute atomic E-state index is 12.1. The minimum Gasteiger partial charge on any atom is -0.352 e. The fourth-order valence-corrected chi connectivity index (χ4v) is 3.63. The van der Waals surface area contributed by atoms with Crippen molar-refractivity contribution in [2.24, 2.45) is 5.92 Å². The maximum atomic E-state index is 12.1. The Labute approximate surface area is 136 Å². The molecule has 1 aliphatic rings. The summed E-state index contributed by atoms with van der Waals surface area (Å²) in [7, 11) is 0. The molecule has 0 radical (unpaired) electrons. The molecule has 2 N–H and O–H groups in total. The van der Waals surface area contributed by atoms with Gasteiger partial charge in [0.05, 0.1) is 11.4 Å². The molecule has 2 atom stereocenters. The van der Waals surface area contributed by atoms with Gasteiger partial charge in [0.25, 0.3) is 0 Å². The second kappa shape index (κ2) is 8.22. The molecular weight excluding hydrogens is 296 g/mol. The summed E-state index contributed by atoms with van der Waals surface area (Å²) in [5.74, 6) is 0.907. The number of hydrogen-bond donors (Lipinski definition) is 2. The van der Waals surface area contributed by atoms with Crippen LogP contribution in [0.25, 0.3) is 0 Å². The third-order valence-corrected chi connectivity index (χ3v) is 5.09. The van der Waals surface area contributed by atoms with E-state index in [4.69, 9.17) is 0 Å². The number of nitrogens with one attached hydrogen (secondary N) is 2. The first kappa shape index (κ1) is 16.9. The smallest absolute Gasteiger partial charge is 0.230 e. The Balaban J connectivity index is 1.87. The highest BCUT2D eigenvalue weighted by Crippen LogP contribution is 2.27. The number of thioether (sulfide) groups is 1. The van der Waals surface area contributed by atoms with Crippen LogP contribution in [0.5, 0.6) is 0 Å². The normalized spacial score (nSPS) is 21.2. The molecule has 1 aromatic rings. The van der Waals surface area contributed by atoms with Crippen LogP contribution in [0.3, 0.4) is 0 Å². The van der Waals surface area contributed by atoms with Gasteiger partial charge in [-0.05, 0) is 30.9 Å². The Hall–Kier alpha value is -1.49. The van der Waals surface area contributed by atoms with Crippen LogP contribution < -0.4 is 10.6 Å². The summed E-state index contributed by atoms with van der Waals surface area (Å²) in [6.45, 7) is 3.70. The van der Waals surface area contributed by atoms with Crippen LogP contribution in [0.15, 0.2) is 29.2 Å². The molecule has 5 heteroatoms. The zero-order valence-corrected chi connectivity index (χ0v) is 14.0.